The lowest BCUT2D eigenvalue weighted by Gasteiger charge is -2.55. The number of piperazine rings is 2. The number of aliphatic hydroxyl groups excluding tert-OH is 3. The van der Waals surface area contributed by atoms with E-state index in [-0.39, 0.29) is 11.8 Å². The van der Waals surface area contributed by atoms with Gasteiger partial charge in [0.05, 0.1) is 17.4 Å². The van der Waals surface area contributed by atoms with Crippen molar-refractivity contribution in [1.29, 1.82) is 0 Å². The summed E-state index contributed by atoms with van der Waals surface area (Å²) in [5.41, 5.74) is -1.35. The number of benzene rings is 2. The summed E-state index contributed by atoms with van der Waals surface area (Å²) < 4.78 is 0. The number of anilines is 2. The second-order valence-electron chi connectivity index (χ2n) is 14.8. The van der Waals surface area contributed by atoms with Crippen LogP contribution in [0.1, 0.15) is 25.0 Å². The Bertz CT molecular complexity index is 1970. The van der Waals surface area contributed by atoms with E-state index in [4.69, 9.17) is 0 Å². The van der Waals surface area contributed by atoms with E-state index < -0.39 is 79.2 Å². The third kappa shape index (κ3) is 3.49. The number of amides is 4. The molecule has 4 amide bonds. The van der Waals surface area contributed by atoms with Crippen LogP contribution in [0.3, 0.4) is 0 Å². The molecule has 10 atom stereocenters. The third-order valence-electron chi connectivity index (χ3n) is 13.3. The number of carbonyl (C=O) groups is 4. The Labute approximate surface area is 325 Å². The molecule has 53 heavy (non-hydrogen) atoms. The van der Waals surface area contributed by atoms with E-state index in [1.807, 2.05) is 56.3 Å². The molecular formula is C36H44N6O7S4. The fraction of sp³-hybridized carbons (Fsp3) is 0.556. The van der Waals surface area contributed by atoms with Crippen molar-refractivity contribution in [2.75, 3.05) is 56.4 Å². The summed E-state index contributed by atoms with van der Waals surface area (Å²) in [6.07, 6.45) is 1.02. The fourth-order valence-corrected chi connectivity index (χ4v) is 15.1. The van der Waals surface area contributed by atoms with Crippen molar-refractivity contribution in [3.05, 3.63) is 59.7 Å². The van der Waals surface area contributed by atoms with Crippen LogP contribution >= 0.6 is 47.0 Å². The normalized spacial score (nSPS) is 40.9. The van der Waals surface area contributed by atoms with E-state index >= 15 is 19.2 Å². The summed E-state index contributed by atoms with van der Waals surface area (Å²) in [5, 5.41) is 45.2. The number of likely N-dealkylation sites (N-methyl/N-ethyl adjacent to an activating group) is 2. The first-order valence-electron chi connectivity index (χ1n) is 17.3. The molecule has 0 aromatic heterocycles. The number of carbonyl (C=O) groups excluding carboxylic acids is 4. The number of para-hydroxylation sites is 2. The van der Waals surface area contributed by atoms with E-state index in [1.54, 1.807) is 38.1 Å². The largest absolute Gasteiger partial charge is 0.392 e. The fourth-order valence-electron chi connectivity index (χ4n) is 11.1. The summed E-state index contributed by atoms with van der Waals surface area (Å²) in [6, 6.07) is 14.6. The second kappa shape index (κ2) is 11.6. The maximum atomic E-state index is 15.5. The maximum absolute atomic E-state index is 15.5. The average Bonchev–Trinajstić information content (AvgIpc) is 3.81. The zero-order valence-corrected chi connectivity index (χ0v) is 33.9. The van der Waals surface area contributed by atoms with E-state index in [9.17, 15) is 15.3 Å². The Kier molecular flexibility index (Phi) is 8.14. The van der Waals surface area contributed by atoms with Gasteiger partial charge in [0.2, 0.25) is 0 Å². The van der Waals surface area contributed by atoms with E-state index in [2.05, 4.69) is 10.6 Å². The minimum Gasteiger partial charge on any atom is -0.392 e. The van der Waals surface area contributed by atoms with Crippen LogP contribution in [0.15, 0.2) is 48.5 Å². The molecular weight excluding hydrogens is 757 g/mol. The van der Waals surface area contributed by atoms with E-state index in [1.165, 1.54) is 38.4 Å². The summed E-state index contributed by atoms with van der Waals surface area (Å²) in [4.78, 5) is 59.8. The van der Waals surface area contributed by atoms with Gasteiger partial charge in [-0.05, 0) is 54.2 Å². The Morgan fingerprint density at radius 1 is 0.660 bits per heavy atom. The monoisotopic (exact) mass is 800 g/mol. The number of fused-ring (bicyclic) bond motifs is 11. The van der Waals surface area contributed by atoms with Gasteiger partial charge in [-0.25, -0.2) is 0 Å². The summed E-state index contributed by atoms with van der Waals surface area (Å²) in [6.45, 7) is 3.09. The number of aliphatic hydroxyl groups is 3. The minimum absolute atomic E-state index is 0.343. The van der Waals surface area contributed by atoms with Gasteiger partial charge in [0, 0.05) is 25.5 Å². The molecule has 0 aliphatic carbocycles. The van der Waals surface area contributed by atoms with Crippen LogP contribution in [0.2, 0.25) is 0 Å². The van der Waals surface area contributed by atoms with Crippen molar-refractivity contribution in [3.63, 3.8) is 0 Å². The van der Waals surface area contributed by atoms with Crippen molar-refractivity contribution in [2.24, 2.45) is 5.92 Å². The Morgan fingerprint density at radius 3 is 1.49 bits per heavy atom. The topological polar surface area (TPSA) is 166 Å². The van der Waals surface area contributed by atoms with Crippen molar-refractivity contribution >= 4 is 82.1 Å². The van der Waals surface area contributed by atoms with Crippen LogP contribution in [-0.4, -0.2) is 148 Å². The summed E-state index contributed by atoms with van der Waals surface area (Å²) in [7, 11) is 3.06. The molecule has 284 valence electrons. The van der Waals surface area contributed by atoms with Crippen molar-refractivity contribution in [2.45, 2.75) is 68.7 Å². The first-order valence-corrected chi connectivity index (χ1v) is 22.2. The third-order valence-corrected chi connectivity index (χ3v) is 18.6. The van der Waals surface area contributed by atoms with Crippen LogP contribution in [0, 0.1) is 5.92 Å². The quantitative estimate of drug-likeness (QED) is 0.275. The number of nitrogens with one attached hydrogen (secondary N) is 2. The minimum atomic E-state index is -1.95. The molecule has 17 heteroatoms. The molecule has 6 aliphatic heterocycles. The van der Waals surface area contributed by atoms with Crippen molar-refractivity contribution in [1.82, 2.24) is 19.6 Å². The molecule has 6 aliphatic rings. The number of thioether (sulfide) groups is 4. The zero-order valence-electron chi connectivity index (χ0n) is 30.6. The van der Waals surface area contributed by atoms with Gasteiger partial charge >= 0.3 is 0 Å². The average molecular weight is 801 g/mol. The van der Waals surface area contributed by atoms with Gasteiger partial charge in [0.25, 0.3) is 23.6 Å². The lowest BCUT2D eigenvalue weighted by Crippen LogP contribution is -2.76. The molecule has 0 bridgehead atoms. The highest BCUT2D eigenvalue weighted by atomic mass is 32.2. The molecule has 2 aromatic rings. The molecule has 0 spiro atoms. The van der Waals surface area contributed by atoms with Crippen molar-refractivity contribution < 1.29 is 34.5 Å². The van der Waals surface area contributed by atoms with Crippen LogP contribution in [0.5, 0.6) is 0 Å². The van der Waals surface area contributed by atoms with Gasteiger partial charge in [-0.2, -0.15) is 0 Å². The highest BCUT2D eigenvalue weighted by molar-refractivity contribution is 8.02. The van der Waals surface area contributed by atoms with Gasteiger partial charge in [0.1, 0.15) is 24.5 Å². The number of hydrogen-bond donors (Lipinski definition) is 5. The van der Waals surface area contributed by atoms with Gasteiger partial charge in [-0.3, -0.25) is 29.0 Å². The highest BCUT2D eigenvalue weighted by Gasteiger charge is 2.91. The van der Waals surface area contributed by atoms with Crippen LogP contribution in [-0.2, 0) is 30.0 Å². The SMILES string of the molecule is CS[C@@]1(C(C)C)C(=O)N2[C@H]3Nc4ccccc4[C@@]3([C@]34c5ccccc5N[C@H]3N3C(=O)[C@@](CO)(SC)N(C)C(=O)[C@]3(SC)[C@H]4O)[C@H](O)[C@]2(SC)C(=O)N1C. The predicted octanol–water partition coefficient (Wildman–Crippen LogP) is 1.60. The van der Waals surface area contributed by atoms with Gasteiger partial charge < -0.3 is 35.8 Å². The summed E-state index contributed by atoms with van der Waals surface area (Å²) in [5.74, 6) is -2.39. The first kappa shape index (κ1) is 37.1. The molecule has 4 fully saturated rings. The molecule has 13 nitrogen and oxygen atoms in total. The molecule has 6 heterocycles. The van der Waals surface area contributed by atoms with Gasteiger partial charge in [0.15, 0.2) is 19.5 Å². The first-order chi connectivity index (χ1) is 25.2. The number of nitrogens with zero attached hydrogens (tertiary/aromatic N) is 4. The molecule has 2 aromatic carbocycles. The lowest BCUT2D eigenvalue weighted by molar-refractivity contribution is -0.169. The van der Waals surface area contributed by atoms with E-state index in [0.717, 1.165) is 35.3 Å². The Morgan fingerprint density at radius 2 is 1.09 bits per heavy atom. The second-order valence-corrected chi connectivity index (χ2v) is 19.0. The molecule has 8 rings (SSSR count). The summed E-state index contributed by atoms with van der Waals surface area (Å²) >= 11 is 4.37. The molecule has 0 saturated carbocycles. The van der Waals surface area contributed by atoms with Crippen LogP contribution in [0.25, 0.3) is 0 Å². The van der Waals surface area contributed by atoms with E-state index in [0.29, 0.717) is 22.5 Å². The molecule has 4 saturated heterocycles. The Hall–Kier alpha value is -2.80. The smallest absolute Gasteiger partial charge is 0.264 e. The molecule has 5 N–H and O–H groups in total. The number of hydrogen-bond acceptors (Lipinski definition) is 13. The zero-order chi connectivity index (χ0) is 38.4. The predicted molar refractivity (Wildman–Crippen MR) is 209 cm³/mol. The standard InChI is InChI=1S/C36H44N6O7S4/c1-18(2)34(51-6)30(49)42-26-33(20-14-10-12-16-22(20)38-26,24(45)36(42,53-8)29(48)40(34)4)32-19-13-9-11-15-21(19)37-25(32)41-27(46)31(17-43,50-5)39(3)28(47)35(41,52-7)23(32)44/h9-16,18,23-26,37-38,43-45H,17H2,1-8H3/t23-,24-,25-,26+,31+,32-,33+,34-,35+,36-/m0/s1. The Balaban J connectivity index is 1.53. The van der Waals surface area contributed by atoms with Crippen LogP contribution < -0.4 is 10.6 Å². The van der Waals surface area contributed by atoms with Gasteiger partial charge in [-0.1, -0.05) is 50.2 Å². The number of rotatable bonds is 7. The van der Waals surface area contributed by atoms with Crippen LogP contribution in [0.4, 0.5) is 11.4 Å². The van der Waals surface area contributed by atoms with Crippen molar-refractivity contribution in [3.8, 4) is 0 Å². The lowest BCUT2D eigenvalue weighted by atomic mass is 9.52. The maximum Gasteiger partial charge on any atom is 0.264 e. The van der Waals surface area contributed by atoms with Gasteiger partial charge in [-0.15, -0.1) is 47.0 Å². The molecule has 0 unspecified atom stereocenters. The highest BCUT2D eigenvalue weighted by Crippen LogP contribution is 2.74. The molecule has 0 radical (unpaired) electrons.